The van der Waals surface area contributed by atoms with Gasteiger partial charge in [0.2, 0.25) is 6.33 Å². The first-order valence-corrected chi connectivity index (χ1v) is 5.56. The summed E-state index contributed by atoms with van der Waals surface area (Å²) in [6.45, 7) is 7.09. The number of nitrogens with zero attached hydrogens (tertiary/aromatic N) is 2. The first-order valence-electron chi connectivity index (χ1n) is 5.56. The third-order valence-corrected chi connectivity index (χ3v) is 2.44. The van der Waals surface area contributed by atoms with Gasteiger partial charge in [-0.3, -0.25) is 0 Å². The van der Waals surface area contributed by atoms with Gasteiger partial charge in [0.25, 0.3) is 0 Å². The number of rotatable bonds is 7. The largest absolute Gasteiger partial charge is 1.00 e. The van der Waals surface area contributed by atoms with Crippen LogP contribution in [0.4, 0.5) is 0 Å². The van der Waals surface area contributed by atoms with E-state index in [1.54, 1.807) is 0 Å². The van der Waals surface area contributed by atoms with Gasteiger partial charge in [-0.05, 0) is 12.8 Å². The van der Waals surface area contributed by atoms with Crippen molar-refractivity contribution < 1.29 is 21.5 Å². The van der Waals surface area contributed by atoms with Crippen LogP contribution in [0.5, 0.6) is 0 Å². The van der Waals surface area contributed by atoms with Crippen LogP contribution in [0.3, 0.4) is 0 Å². The summed E-state index contributed by atoms with van der Waals surface area (Å²) in [5, 5.41) is 0. The van der Waals surface area contributed by atoms with Gasteiger partial charge in [0.1, 0.15) is 12.4 Å². The van der Waals surface area contributed by atoms with Crippen molar-refractivity contribution in [3.63, 3.8) is 0 Å². The van der Waals surface area contributed by atoms with Crippen molar-refractivity contribution in [2.24, 2.45) is 0 Å². The third-order valence-electron chi connectivity index (χ3n) is 2.44. The zero-order chi connectivity index (χ0) is 10.2. The molecule has 0 radical (unpaired) electrons. The molecule has 0 fully saturated rings. The lowest BCUT2D eigenvalue weighted by Gasteiger charge is -1.97. The number of halogens is 1. The number of imidazole rings is 1. The summed E-state index contributed by atoms with van der Waals surface area (Å²) < 4.78 is 4.19. The standard InChI is InChI=1S/C12H21N2.BrH/c1-3-5-6-7-8-9-14-11-10-13(4-2)12-14;/h4,10-12H,2-3,5-9H2,1H3;1H/q+1;/p-1. The summed E-state index contributed by atoms with van der Waals surface area (Å²) >= 11 is 0. The lowest BCUT2D eigenvalue weighted by atomic mass is 10.1. The van der Waals surface area contributed by atoms with E-state index in [0.717, 1.165) is 6.54 Å². The van der Waals surface area contributed by atoms with Gasteiger partial charge < -0.3 is 17.0 Å². The molecule has 0 bridgehead atoms. The molecule has 0 aliphatic rings. The second-order valence-electron chi connectivity index (χ2n) is 3.70. The number of hydrogen-bond donors (Lipinski definition) is 0. The highest BCUT2D eigenvalue weighted by Crippen LogP contribution is 2.01. The summed E-state index contributed by atoms with van der Waals surface area (Å²) in [4.78, 5) is 0. The number of aromatic nitrogens is 2. The van der Waals surface area contributed by atoms with Gasteiger partial charge in [0, 0.05) is 0 Å². The molecule has 15 heavy (non-hydrogen) atoms. The summed E-state index contributed by atoms with van der Waals surface area (Å²) in [6, 6.07) is 0. The van der Waals surface area contributed by atoms with Gasteiger partial charge in [0.15, 0.2) is 0 Å². The SMILES string of the molecule is C=Cn1cc[n+](CCCCCCC)c1.[Br-]. The van der Waals surface area contributed by atoms with E-state index in [9.17, 15) is 0 Å². The maximum absolute atomic E-state index is 3.71. The van der Waals surface area contributed by atoms with Gasteiger partial charge in [-0.15, -0.1) is 0 Å². The Morgan fingerprint density at radius 2 is 2.00 bits per heavy atom. The van der Waals surface area contributed by atoms with E-state index in [1.165, 1.54) is 32.1 Å². The second-order valence-corrected chi connectivity index (χ2v) is 3.70. The average Bonchev–Trinajstić information content (AvgIpc) is 2.65. The zero-order valence-electron chi connectivity index (χ0n) is 9.53. The molecular formula is C12H21BrN2. The van der Waals surface area contributed by atoms with E-state index in [4.69, 9.17) is 0 Å². The van der Waals surface area contributed by atoms with Crippen molar-refractivity contribution in [1.29, 1.82) is 0 Å². The van der Waals surface area contributed by atoms with Crippen molar-refractivity contribution in [3.8, 4) is 0 Å². The van der Waals surface area contributed by atoms with Crippen LogP contribution in [0, 0.1) is 0 Å². The van der Waals surface area contributed by atoms with Crippen LogP contribution in [0.25, 0.3) is 6.20 Å². The van der Waals surface area contributed by atoms with Crippen molar-refractivity contribution in [2.75, 3.05) is 0 Å². The van der Waals surface area contributed by atoms with Crippen LogP contribution >= 0.6 is 0 Å². The maximum Gasteiger partial charge on any atom is 0.248 e. The summed E-state index contributed by atoms with van der Waals surface area (Å²) in [7, 11) is 0. The Kier molecular flexibility index (Phi) is 8.38. The Hall–Kier alpha value is -0.570. The van der Waals surface area contributed by atoms with E-state index in [1.807, 2.05) is 17.0 Å². The van der Waals surface area contributed by atoms with E-state index in [0.29, 0.717) is 0 Å². The van der Waals surface area contributed by atoms with Gasteiger partial charge in [-0.1, -0.05) is 32.8 Å². The first kappa shape index (κ1) is 14.4. The zero-order valence-corrected chi connectivity index (χ0v) is 11.1. The molecule has 2 nitrogen and oxygen atoms in total. The summed E-state index contributed by atoms with van der Waals surface area (Å²) in [5.41, 5.74) is 0. The highest BCUT2D eigenvalue weighted by molar-refractivity contribution is 5.12. The Labute approximate surface area is 103 Å². The molecule has 0 unspecified atom stereocenters. The molecule has 1 aromatic rings. The third kappa shape index (κ3) is 5.78. The molecule has 1 rings (SSSR count). The van der Waals surface area contributed by atoms with E-state index >= 15 is 0 Å². The maximum atomic E-state index is 3.71. The van der Waals surface area contributed by atoms with Gasteiger partial charge >= 0.3 is 0 Å². The molecule has 0 amide bonds. The van der Waals surface area contributed by atoms with Crippen LogP contribution in [-0.4, -0.2) is 4.57 Å². The average molecular weight is 273 g/mol. The highest BCUT2D eigenvalue weighted by Gasteiger charge is 1.99. The number of aryl methyl sites for hydroxylation is 1. The van der Waals surface area contributed by atoms with E-state index in [-0.39, 0.29) is 17.0 Å². The van der Waals surface area contributed by atoms with Crippen LogP contribution in [-0.2, 0) is 6.54 Å². The van der Waals surface area contributed by atoms with Crippen molar-refractivity contribution in [1.82, 2.24) is 4.57 Å². The molecule has 0 atom stereocenters. The molecular weight excluding hydrogens is 252 g/mol. The fourth-order valence-corrected chi connectivity index (χ4v) is 1.55. The lowest BCUT2D eigenvalue weighted by Crippen LogP contribution is -3.00. The summed E-state index contributed by atoms with van der Waals surface area (Å²) in [6.07, 6.45) is 14.7. The number of unbranched alkanes of at least 4 members (excludes halogenated alkanes) is 4. The fourth-order valence-electron chi connectivity index (χ4n) is 1.55. The first-order chi connectivity index (χ1) is 6.86. The molecule has 86 valence electrons. The molecule has 0 saturated carbocycles. The van der Waals surface area contributed by atoms with Crippen molar-refractivity contribution in [3.05, 3.63) is 25.3 Å². The van der Waals surface area contributed by atoms with Crippen LogP contribution in [0.1, 0.15) is 39.0 Å². The monoisotopic (exact) mass is 272 g/mol. The van der Waals surface area contributed by atoms with Crippen LogP contribution in [0.15, 0.2) is 25.3 Å². The highest BCUT2D eigenvalue weighted by atomic mass is 79.9. The van der Waals surface area contributed by atoms with Crippen LogP contribution < -0.4 is 21.5 Å². The lowest BCUT2D eigenvalue weighted by molar-refractivity contribution is -0.696. The minimum absolute atomic E-state index is 0. The Morgan fingerprint density at radius 3 is 2.60 bits per heavy atom. The predicted molar refractivity (Wildman–Crippen MR) is 59.8 cm³/mol. The minimum atomic E-state index is 0. The molecule has 0 spiro atoms. The Bertz CT molecular complexity index is 268. The Morgan fingerprint density at radius 1 is 1.27 bits per heavy atom. The van der Waals surface area contributed by atoms with Gasteiger partial charge in [-0.2, -0.15) is 0 Å². The minimum Gasteiger partial charge on any atom is -1.00 e. The second kappa shape index (κ2) is 8.72. The molecule has 3 heteroatoms. The van der Waals surface area contributed by atoms with Crippen molar-refractivity contribution >= 4 is 6.20 Å². The number of hydrogen-bond acceptors (Lipinski definition) is 0. The molecule has 0 aromatic carbocycles. The van der Waals surface area contributed by atoms with E-state index in [2.05, 4.69) is 30.6 Å². The quantitative estimate of drug-likeness (QED) is 0.483. The molecule has 1 heterocycles. The van der Waals surface area contributed by atoms with Crippen LogP contribution in [0.2, 0.25) is 0 Å². The van der Waals surface area contributed by atoms with E-state index < -0.39 is 0 Å². The fraction of sp³-hybridized carbons (Fsp3) is 0.583. The van der Waals surface area contributed by atoms with Gasteiger partial charge in [0.05, 0.1) is 12.7 Å². The predicted octanol–water partition coefficient (Wildman–Crippen LogP) is -0.149. The summed E-state index contributed by atoms with van der Waals surface area (Å²) in [5.74, 6) is 0. The Balaban J connectivity index is 0.00000196. The normalized spacial score (nSPS) is 9.67. The van der Waals surface area contributed by atoms with Gasteiger partial charge in [-0.25, -0.2) is 9.13 Å². The molecule has 0 aliphatic carbocycles. The topological polar surface area (TPSA) is 8.81 Å². The molecule has 0 aliphatic heterocycles. The molecule has 0 saturated heterocycles. The smallest absolute Gasteiger partial charge is 0.248 e. The molecule has 0 N–H and O–H groups in total. The van der Waals surface area contributed by atoms with Crippen molar-refractivity contribution in [2.45, 2.75) is 45.6 Å². The molecule has 1 aromatic heterocycles.